The number of nitrogens with two attached hydrogens (primary N) is 1. The molecule has 1 atom stereocenters. The molecule has 0 aliphatic rings. The van der Waals surface area contributed by atoms with Crippen LogP contribution in [0.2, 0.25) is 0 Å². The summed E-state index contributed by atoms with van der Waals surface area (Å²) in [5.41, 5.74) is -0.186. The number of nitrogens with one attached hydrogen (secondary N) is 1. The largest absolute Gasteiger partial charge is 0.352 e. The number of thioether (sulfide) groups is 1. The molecule has 1 aromatic rings. The van der Waals surface area contributed by atoms with Gasteiger partial charge in [-0.25, -0.2) is 4.68 Å². The number of hydrogen-bond acceptors (Lipinski definition) is 5. The number of carbonyl (C=O) groups excluding carboxylic acids is 1. The summed E-state index contributed by atoms with van der Waals surface area (Å²) < 4.78 is 1.45. The number of aromatic nitrogens is 3. The lowest BCUT2D eigenvalue weighted by Gasteiger charge is -2.17. The van der Waals surface area contributed by atoms with Crippen LogP contribution in [0, 0.1) is 0 Å². The third-order valence-corrected chi connectivity index (χ3v) is 3.46. The molecular weight excluding hydrogens is 262 g/mol. The van der Waals surface area contributed by atoms with E-state index in [0.29, 0.717) is 17.5 Å². The molecule has 0 bridgehead atoms. The molecule has 19 heavy (non-hydrogen) atoms. The van der Waals surface area contributed by atoms with Crippen LogP contribution in [0.3, 0.4) is 0 Å². The minimum atomic E-state index is -0.292. The fourth-order valence-corrected chi connectivity index (χ4v) is 2.19. The fourth-order valence-electron chi connectivity index (χ4n) is 1.40. The zero-order valence-electron chi connectivity index (χ0n) is 11.8. The zero-order valence-corrected chi connectivity index (χ0v) is 12.6. The van der Waals surface area contributed by atoms with E-state index in [4.69, 9.17) is 5.84 Å². The van der Waals surface area contributed by atoms with E-state index in [-0.39, 0.29) is 16.6 Å². The van der Waals surface area contributed by atoms with Crippen molar-refractivity contribution < 1.29 is 4.79 Å². The van der Waals surface area contributed by atoms with E-state index in [1.165, 1.54) is 16.4 Å². The van der Waals surface area contributed by atoms with E-state index in [2.05, 4.69) is 22.1 Å². The van der Waals surface area contributed by atoms with Gasteiger partial charge in [-0.15, -0.1) is 16.8 Å². The van der Waals surface area contributed by atoms with Crippen LogP contribution in [0.15, 0.2) is 17.8 Å². The summed E-state index contributed by atoms with van der Waals surface area (Å²) in [6.07, 6.45) is 1.64. The summed E-state index contributed by atoms with van der Waals surface area (Å²) in [5, 5.41) is 11.1. The summed E-state index contributed by atoms with van der Waals surface area (Å²) in [4.78, 5) is 11.7. The van der Waals surface area contributed by atoms with Gasteiger partial charge in [-0.05, 0) is 6.92 Å². The first kappa shape index (κ1) is 15.6. The summed E-state index contributed by atoms with van der Waals surface area (Å²) in [6, 6.07) is 0. The first-order valence-electron chi connectivity index (χ1n) is 6.03. The fraction of sp³-hybridized carbons (Fsp3) is 0.583. The van der Waals surface area contributed by atoms with Gasteiger partial charge in [0.1, 0.15) is 0 Å². The Morgan fingerprint density at radius 2 is 2.21 bits per heavy atom. The Hall–Kier alpha value is -1.50. The van der Waals surface area contributed by atoms with E-state index >= 15 is 0 Å². The molecule has 1 unspecified atom stereocenters. The Morgan fingerprint density at radius 3 is 2.68 bits per heavy atom. The molecule has 0 aliphatic carbocycles. The van der Waals surface area contributed by atoms with Crippen molar-refractivity contribution in [2.24, 2.45) is 0 Å². The van der Waals surface area contributed by atoms with Crippen LogP contribution in [0.4, 0.5) is 0 Å². The van der Waals surface area contributed by atoms with Crippen LogP contribution in [0.1, 0.15) is 33.5 Å². The predicted molar refractivity (Wildman–Crippen MR) is 77.4 cm³/mol. The quantitative estimate of drug-likeness (QED) is 0.479. The maximum atomic E-state index is 11.7. The van der Waals surface area contributed by atoms with E-state index in [9.17, 15) is 4.79 Å². The van der Waals surface area contributed by atoms with Crippen molar-refractivity contribution in [3.8, 4) is 0 Å². The third kappa shape index (κ3) is 3.99. The summed E-state index contributed by atoms with van der Waals surface area (Å²) >= 11 is 1.28. The van der Waals surface area contributed by atoms with Crippen molar-refractivity contribution in [2.75, 3.05) is 12.4 Å². The Bertz CT molecular complexity index is 463. The molecule has 1 amide bonds. The second-order valence-corrected chi connectivity index (χ2v) is 6.53. The third-order valence-electron chi connectivity index (χ3n) is 2.41. The zero-order chi connectivity index (χ0) is 14.6. The van der Waals surface area contributed by atoms with Gasteiger partial charge in [0.05, 0.1) is 5.25 Å². The second-order valence-electron chi connectivity index (χ2n) is 5.22. The van der Waals surface area contributed by atoms with E-state index in [1.54, 1.807) is 13.0 Å². The molecule has 0 radical (unpaired) electrons. The molecule has 0 saturated heterocycles. The highest BCUT2D eigenvalue weighted by molar-refractivity contribution is 8.00. The maximum absolute atomic E-state index is 11.7. The molecule has 0 fully saturated rings. The maximum Gasteiger partial charge on any atom is 0.233 e. The minimum Gasteiger partial charge on any atom is -0.352 e. The Kier molecular flexibility index (Phi) is 4.99. The van der Waals surface area contributed by atoms with Gasteiger partial charge in [-0.1, -0.05) is 38.6 Å². The molecule has 7 heteroatoms. The molecule has 0 spiro atoms. The van der Waals surface area contributed by atoms with E-state index in [0.717, 1.165) is 0 Å². The van der Waals surface area contributed by atoms with Gasteiger partial charge in [0, 0.05) is 12.0 Å². The van der Waals surface area contributed by atoms with Crippen LogP contribution in [0.25, 0.3) is 0 Å². The molecule has 6 nitrogen and oxygen atoms in total. The van der Waals surface area contributed by atoms with Crippen molar-refractivity contribution in [3.63, 3.8) is 0 Å². The molecule has 1 rings (SSSR count). The van der Waals surface area contributed by atoms with Gasteiger partial charge in [-0.3, -0.25) is 4.79 Å². The average Bonchev–Trinajstić information content (AvgIpc) is 2.67. The van der Waals surface area contributed by atoms with Crippen molar-refractivity contribution in [1.29, 1.82) is 0 Å². The van der Waals surface area contributed by atoms with Crippen LogP contribution in [0.5, 0.6) is 0 Å². The van der Waals surface area contributed by atoms with Gasteiger partial charge in [0.25, 0.3) is 0 Å². The van der Waals surface area contributed by atoms with E-state index in [1.807, 2.05) is 20.8 Å². The highest BCUT2D eigenvalue weighted by Crippen LogP contribution is 2.25. The summed E-state index contributed by atoms with van der Waals surface area (Å²) in [7, 11) is 0. The molecule has 1 heterocycles. The summed E-state index contributed by atoms with van der Waals surface area (Å²) in [6.45, 7) is 11.8. The number of nitrogens with zero attached hydrogens (tertiary/aromatic N) is 3. The van der Waals surface area contributed by atoms with Crippen molar-refractivity contribution >= 4 is 17.7 Å². The van der Waals surface area contributed by atoms with Crippen LogP contribution in [-0.2, 0) is 10.2 Å². The van der Waals surface area contributed by atoms with Crippen LogP contribution in [-0.4, -0.2) is 32.6 Å². The second kappa shape index (κ2) is 6.10. The first-order chi connectivity index (χ1) is 8.77. The Balaban J connectivity index is 2.75. The van der Waals surface area contributed by atoms with Gasteiger partial charge in [0.15, 0.2) is 5.82 Å². The SMILES string of the molecule is C=CCNC(=O)C(C)Sc1nnc(C(C)(C)C)n1N. The monoisotopic (exact) mass is 283 g/mol. The van der Waals surface area contributed by atoms with Gasteiger partial charge < -0.3 is 11.2 Å². The standard InChI is InChI=1S/C12H21N5OS/c1-6-7-14-9(18)8(2)19-11-16-15-10(17(11)13)12(3,4)5/h6,8H,1,7,13H2,2-5H3,(H,14,18). The molecule has 106 valence electrons. The molecule has 0 aromatic carbocycles. The lowest BCUT2D eigenvalue weighted by atomic mass is 9.96. The van der Waals surface area contributed by atoms with E-state index < -0.39 is 0 Å². The molecular formula is C12H21N5OS. The van der Waals surface area contributed by atoms with Gasteiger partial charge in [-0.2, -0.15) is 0 Å². The number of amides is 1. The molecule has 0 saturated carbocycles. The first-order valence-corrected chi connectivity index (χ1v) is 6.91. The number of nitrogen functional groups attached to an aromatic ring is 1. The molecule has 3 N–H and O–H groups in total. The topological polar surface area (TPSA) is 85.8 Å². The van der Waals surface area contributed by atoms with Crippen LogP contribution >= 0.6 is 11.8 Å². The molecule has 1 aromatic heterocycles. The summed E-state index contributed by atoms with van der Waals surface area (Å²) in [5.74, 6) is 6.57. The number of hydrogen-bond donors (Lipinski definition) is 2. The van der Waals surface area contributed by atoms with Crippen molar-refractivity contribution in [1.82, 2.24) is 20.2 Å². The van der Waals surface area contributed by atoms with Crippen molar-refractivity contribution in [3.05, 3.63) is 18.5 Å². The van der Waals surface area contributed by atoms with Crippen LogP contribution < -0.4 is 11.2 Å². The average molecular weight is 283 g/mol. The highest BCUT2D eigenvalue weighted by Gasteiger charge is 2.25. The highest BCUT2D eigenvalue weighted by atomic mass is 32.2. The lowest BCUT2D eigenvalue weighted by molar-refractivity contribution is -0.120. The number of rotatable bonds is 5. The number of carbonyl (C=O) groups is 1. The minimum absolute atomic E-state index is 0.0785. The Labute approximate surface area is 117 Å². The van der Waals surface area contributed by atoms with Crippen molar-refractivity contribution in [2.45, 2.75) is 43.5 Å². The molecule has 0 aliphatic heterocycles. The van der Waals surface area contributed by atoms with Gasteiger partial charge >= 0.3 is 0 Å². The smallest absolute Gasteiger partial charge is 0.233 e. The lowest BCUT2D eigenvalue weighted by Crippen LogP contribution is -2.31. The Morgan fingerprint density at radius 1 is 1.58 bits per heavy atom. The normalized spacial score (nSPS) is 13.1. The predicted octanol–water partition coefficient (Wildman–Crippen LogP) is 1.07. The van der Waals surface area contributed by atoms with Gasteiger partial charge in [0.2, 0.25) is 11.1 Å².